The van der Waals surface area contributed by atoms with Crippen LogP contribution in [0.15, 0.2) is 67.3 Å². The summed E-state index contributed by atoms with van der Waals surface area (Å²) >= 11 is 0. The molecule has 4 rings (SSSR count). The van der Waals surface area contributed by atoms with Gasteiger partial charge < -0.3 is 14.6 Å². The Morgan fingerprint density at radius 1 is 1.17 bits per heavy atom. The van der Waals surface area contributed by atoms with E-state index in [0.717, 1.165) is 23.3 Å². The fourth-order valence-corrected chi connectivity index (χ4v) is 3.65. The number of nitrogens with zero attached hydrogens (tertiary/aromatic N) is 3. The third-order valence-corrected chi connectivity index (χ3v) is 5.28. The molecule has 30 heavy (non-hydrogen) atoms. The molecule has 4 aromatic rings. The minimum Gasteiger partial charge on any atom is -0.497 e. The molecule has 2 aromatic heterocycles. The molecule has 2 aromatic carbocycles. The van der Waals surface area contributed by atoms with Gasteiger partial charge in [0.25, 0.3) is 5.91 Å². The fourth-order valence-electron chi connectivity index (χ4n) is 3.65. The number of likely N-dealkylation sites (N-methyl/N-ethyl adjacent to an activating group) is 1. The summed E-state index contributed by atoms with van der Waals surface area (Å²) in [4.78, 5) is 27.0. The zero-order chi connectivity index (χ0) is 20.9. The molecular weight excluding hydrogens is 376 g/mol. The van der Waals surface area contributed by atoms with Crippen LogP contribution in [0, 0.1) is 0 Å². The van der Waals surface area contributed by atoms with Crippen LogP contribution >= 0.6 is 0 Å². The molecule has 6 heteroatoms. The first-order valence-electron chi connectivity index (χ1n) is 10.00. The molecule has 0 unspecified atom stereocenters. The quantitative estimate of drug-likeness (QED) is 0.501. The number of ether oxygens (including phenoxy) is 1. The summed E-state index contributed by atoms with van der Waals surface area (Å²) in [6.07, 6.45) is 5.86. The zero-order valence-electron chi connectivity index (χ0n) is 17.1. The highest BCUT2D eigenvalue weighted by atomic mass is 16.5. The van der Waals surface area contributed by atoms with E-state index in [1.807, 2.05) is 54.4 Å². The van der Waals surface area contributed by atoms with Gasteiger partial charge in [-0.25, -0.2) is 9.97 Å². The van der Waals surface area contributed by atoms with Crippen LogP contribution in [0.2, 0.25) is 0 Å². The van der Waals surface area contributed by atoms with Crippen LogP contribution in [0.1, 0.15) is 22.8 Å². The number of fused-ring (bicyclic) bond motifs is 1. The number of amides is 1. The first-order valence-corrected chi connectivity index (χ1v) is 10.00. The third-order valence-electron chi connectivity index (χ3n) is 5.28. The van der Waals surface area contributed by atoms with E-state index in [4.69, 9.17) is 4.74 Å². The minimum absolute atomic E-state index is 0.0734. The minimum atomic E-state index is -0.0734. The molecule has 0 aliphatic heterocycles. The Morgan fingerprint density at radius 3 is 2.87 bits per heavy atom. The molecule has 1 amide bonds. The van der Waals surface area contributed by atoms with Gasteiger partial charge in [0.15, 0.2) is 0 Å². The molecule has 0 fully saturated rings. The standard InChI is InChI=1S/C24H24N4O2/c1-3-28(12-11-18-14-26-22-10-5-4-9-20(18)22)24(29)21-15-25-16-27-23(21)17-7-6-8-19(13-17)30-2/h4-10,13-16,26H,3,11-12H2,1-2H3. The predicted octanol–water partition coefficient (Wildman–Crippen LogP) is 4.34. The number of aromatic amines is 1. The van der Waals surface area contributed by atoms with Crippen LogP contribution in [0.25, 0.3) is 22.2 Å². The van der Waals surface area contributed by atoms with Gasteiger partial charge in [0.05, 0.1) is 18.4 Å². The van der Waals surface area contributed by atoms with Crippen molar-refractivity contribution in [1.82, 2.24) is 19.9 Å². The van der Waals surface area contributed by atoms with E-state index in [0.29, 0.717) is 24.3 Å². The van der Waals surface area contributed by atoms with Crippen LogP contribution in [-0.4, -0.2) is 46.0 Å². The molecule has 1 N–H and O–H groups in total. The third kappa shape index (κ3) is 3.89. The van der Waals surface area contributed by atoms with E-state index in [9.17, 15) is 4.79 Å². The van der Waals surface area contributed by atoms with Gasteiger partial charge in [0, 0.05) is 41.9 Å². The van der Waals surface area contributed by atoms with Crippen molar-refractivity contribution < 1.29 is 9.53 Å². The molecule has 0 spiro atoms. The molecular formula is C24H24N4O2. The number of benzene rings is 2. The number of carbonyl (C=O) groups is 1. The summed E-state index contributed by atoms with van der Waals surface area (Å²) < 4.78 is 5.32. The second-order valence-electron chi connectivity index (χ2n) is 7.01. The van der Waals surface area contributed by atoms with Crippen molar-refractivity contribution >= 4 is 16.8 Å². The summed E-state index contributed by atoms with van der Waals surface area (Å²) in [7, 11) is 1.62. The highest BCUT2D eigenvalue weighted by Gasteiger charge is 2.20. The van der Waals surface area contributed by atoms with Crippen molar-refractivity contribution in [2.24, 2.45) is 0 Å². The van der Waals surface area contributed by atoms with Crippen molar-refractivity contribution in [3.8, 4) is 17.0 Å². The fraction of sp³-hybridized carbons (Fsp3) is 0.208. The number of carbonyl (C=O) groups excluding carboxylic acids is 1. The summed E-state index contributed by atoms with van der Waals surface area (Å²) in [5, 5.41) is 1.20. The average Bonchev–Trinajstić information content (AvgIpc) is 3.22. The summed E-state index contributed by atoms with van der Waals surface area (Å²) in [6.45, 7) is 3.21. The Labute approximate surface area is 175 Å². The van der Waals surface area contributed by atoms with Gasteiger partial charge in [-0.15, -0.1) is 0 Å². The average molecular weight is 400 g/mol. The Balaban J connectivity index is 1.58. The van der Waals surface area contributed by atoms with E-state index < -0.39 is 0 Å². The SMILES string of the molecule is CCN(CCc1c[nH]c2ccccc12)C(=O)c1cncnc1-c1cccc(OC)c1. The largest absolute Gasteiger partial charge is 0.497 e. The predicted molar refractivity (Wildman–Crippen MR) is 118 cm³/mol. The van der Waals surface area contributed by atoms with Crippen molar-refractivity contribution in [2.45, 2.75) is 13.3 Å². The maximum Gasteiger partial charge on any atom is 0.257 e. The molecule has 0 aliphatic rings. The van der Waals surface area contributed by atoms with Crippen LogP contribution < -0.4 is 4.74 Å². The van der Waals surface area contributed by atoms with Crippen LogP contribution in [0.3, 0.4) is 0 Å². The highest BCUT2D eigenvalue weighted by molar-refractivity contribution is 5.99. The second-order valence-corrected chi connectivity index (χ2v) is 7.01. The maximum atomic E-state index is 13.4. The normalized spacial score (nSPS) is 10.9. The number of rotatable bonds is 7. The topological polar surface area (TPSA) is 71.1 Å². The molecule has 0 radical (unpaired) electrons. The Kier molecular flexibility index (Phi) is 5.75. The van der Waals surface area contributed by atoms with Crippen molar-refractivity contribution in [3.63, 3.8) is 0 Å². The van der Waals surface area contributed by atoms with Gasteiger partial charge in [0.2, 0.25) is 0 Å². The van der Waals surface area contributed by atoms with E-state index in [1.54, 1.807) is 13.3 Å². The van der Waals surface area contributed by atoms with E-state index in [-0.39, 0.29) is 5.91 Å². The lowest BCUT2D eigenvalue weighted by Crippen LogP contribution is -2.33. The van der Waals surface area contributed by atoms with Gasteiger partial charge in [0.1, 0.15) is 12.1 Å². The van der Waals surface area contributed by atoms with E-state index in [2.05, 4.69) is 27.1 Å². The van der Waals surface area contributed by atoms with Crippen LogP contribution in [0.5, 0.6) is 5.75 Å². The molecule has 0 saturated heterocycles. The van der Waals surface area contributed by atoms with Crippen molar-refractivity contribution in [3.05, 3.63) is 78.4 Å². The maximum absolute atomic E-state index is 13.4. The number of H-pyrrole nitrogens is 1. The Bertz CT molecular complexity index is 1170. The summed E-state index contributed by atoms with van der Waals surface area (Å²) in [5.41, 5.74) is 4.24. The van der Waals surface area contributed by atoms with Gasteiger partial charge in [-0.1, -0.05) is 30.3 Å². The monoisotopic (exact) mass is 400 g/mol. The van der Waals surface area contributed by atoms with E-state index >= 15 is 0 Å². The van der Waals surface area contributed by atoms with Gasteiger partial charge >= 0.3 is 0 Å². The summed E-state index contributed by atoms with van der Waals surface area (Å²) in [5.74, 6) is 0.645. The first kappa shape index (κ1) is 19.6. The summed E-state index contributed by atoms with van der Waals surface area (Å²) in [6, 6.07) is 15.8. The lowest BCUT2D eigenvalue weighted by atomic mass is 10.1. The molecule has 2 heterocycles. The first-order chi connectivity index (χ1) is 14.7. The smallest absolute Gasteiger partial charge is 0.257 e. The number of hydrogen-bond donors (Lipinski definition) is 1. The second kappa shape index (κ2) is 8.78. The van der Waals surface area contributed by atoms with Gasteiger partial charge in [-0.2, -0.15) is 0 Å². The zero-order valence-corrected chi connectivity index (χ0v) is 17.1. The number of aromatic nitrogens is 3. The van der Waals surface area contributed by atoms with Gasteiger partial charge in [-0.05, 0) is 37.1 Å². The molecule has 6 nitrogen and oxygen atoms in total. The van der Waals surface area contributed by atoms with Crippen LogP contribution in [-0.2, 0) is 6.42 Å². The lowest BCUT2D eigenvalue weighted by Gasteiger charge is -2.22. The molecule has 152 valence electrons. The molecule has 0 saturated carbocycles. The lowest BCUT2D eigenvalue weighted by molar-refractivity contribution is 0.0766. The number of methoxy groups -OCH3 is 1. The van der Waals surface area contributed by atoms with E-state index in [1.165, 1.54) is 17.3 Å². The molecule has 0 bridgehead atoms. The number of para-hydroxylation sites is 1. The van der Waals surface area contributed by atoms with Gasteiger partial charge in [-0.3, -0.25) is 4.79 Å². The Hall–Kier alpha value is -3.67. The number of nitrogens with one attached hydrogen (secondary N) is 1. The van der Waals surface area contributed by atoms with Crippen LogP contribution in [0.4, 0.5) is 0 Å². The molecule has 0 aliphatic carbocycles. The highest BCUT2D eigenvalue weighted by Crippen LogP contribution is 2.26. The van der Waals surface area contributed by atoms with Crippen molar-refractivity contribution in [2.75, 3.05) is 20.2 Å². The van der Waals surface area contributed by atoms with Crippen molar-refractivity contribution in [1.29, 1.82) is 0 Å². The Morgan fingerprint density at radius 2 is 2.03 bits per heavy atom. The number of hydrogen-bond acceptors (Lipinski definition) is 4. The molecule has 0 atom stereocenters.